The number of hydrogen-bond acceptors (Lipinski definition) is 7. The lowest BCUT2D eigenvalue weighted by atomic mass is 10.1. The molecule has 2 heterocycles. The van der Waals surface area contributed by atoms with Gasteiger partial charge in [0.05, 0.1) is 13.7 Å². The van der Waals surface area contributed by atoms with Gasteiger partial charge in [-0.05, 0) is 48.0 Å². The number of ether oxygens (including phenoxy) is 2. The number of hydrogen-bond donors (Lipinski definition) is 1. The first-order valence-corrected chi connectivity index (χ1v) is 11.0. The Kier molecular flexibility index (Phi) is 7.05. The Morgan fingerprint density at radius 1 is 1.14 bits per heavy atom. The molecule has 36 heavy (non-hydrogen) atoms. The van der Waals surface area contributed by atoms with Crippen LogP contribution in [0.15, 0.2) is 64.7 Å². The van der Waals surface area contributed by atoms with Crippen LogP contribution in [0.3, 0.4) is 0 Å². The molecule has 0 aliphatic carbocycles. The van der Waals surface area contributed by atoms with Crippen LogP contribution in [0.2, 0.25) is 0 Å². The van der Waals surface area contributed by atoms with Crippen LogP contribution in [0, 0.1) is 5.82 Å². The van der Waals surface area contributed by atoms with E-state index in [0.717, 1.165) is 10.6 Å². The number of amides is 3. The molecule has 0 radical (unpaired) electrons. The molecular weight excluding hydrogens is 469 g/mol. The van der Waals surface area contributed by atoms with Crippen molar-refractivity contribution >= 4 is 29.7 Å². The number of benzene rings is 2. The number of urea groups is 1. The van der Waals surface area contributed by atoms with Crippen LogP contribution in [0.1, 0.15) is 27.4 Å². The number of carbonyl (C=O) groups excluding carboxylic acids is 3. The number of rotatable bonds is 8. The van der Waals surface area contributed by atoms with E-state index in [4.69, 9.17) is 9.15 Å². The van der Waals surface area contributed by atoms with E-state index in [-0.39, 0.29) is 36.2 Å². The molecule has 1 aliphatic heterocycles. The fourth-order valence-electron chi connectivity index (χ4n) is 3.53. The second-order valence-corrected chi connectivity index (χ2v) is 8.17. The van der Waals surface area contributed by atoms with Crippen LogP contribution < -0.4 is 15.0 Å². The summed E-state index contributed by atoms with van der Waals surface area (Å²) >= 11 is 0. The molecule has 1 aliphatic rings. The zero-order valence-corrected chi connectivity index (χ0v) is 19.9. The number of esters is 1. The maximum atomic E-state index is 13.6. The Balaban J connectivity index is 1.56. The molecule has 0 bridgehead atoms. The molecule has 0 saturated carbocycles. The number of carbonyl (C=O) groups is 3. The minimum Gasteiger partial charge on any atom is -0.488 e. The minimum atomic E-state index is -0.661. The first-order valence-electron chi connectivity index (χ1n) is 11.0. The van der Waals surface area contributed by atoms with Crippen molar-refractivity contribution < 1.29 is 32.7 Å². The van der Waals surface area contributed by atoms with E-state index in [2.05, 4.69) is 10.1 Å². The number of nitrogens with one attached hydrogen (secondary N) is 1. The SMILES string of the molecule is COC(=O)c1ccc(CN2C(=O)N/C(=C\c3ccc(N(C)C)cc3OCc3cccc(F)c3)C2=O)o1. The highest BCUT2D eigenvalue weighted by Gasteiger charge is 2.34. The van der Waals surface area contributed by atoms with E-state index < -0.39 is 17.9 Å². The molecule has 0 spiro atoms. The number of nitrogens with zero attached hydrogens (tertiary/aromatic N) is 2. The zero-order chi connectivity index (χ0) is 25.8. The summed E-state index contributed by atoms with van der Waals surface area (Å²) in [5.41, 5.74) is 2.10. The Morgan fingerprint density at radius 2 is 1.94 bits per heavy atom. The molecule has 9 nitrogen and oxygen atoms in total. The van der Waals surface area contributed by atoms with E-state index in [1.807, 2.05) is 25.1 Å². The minimum absolute atomic E-state index is 0.0311. The number of anilines is 1. The van der Waals surface area contributed by atoms with Crippen LogP contribution in [-0.2, 0) is 22.7 Å². The number of furan rings is 1. The molecule has 1 fully saturated rings. The third-order valence-corrected chi connectivity index (χ3v) is 5.42. The van der Waals surface area contributed by atoms with E-state index in [9.17, 15) is 18.8 Å². The maximum Gasteiger partial charge on any atom is 0.373 e. The average Bonchev–Trinajstić information content (AvgIpc) is 3.43. The van der Waals surface area contributed by atoms with Gasteiger partial charge in [0.2, 0.25) is 5.76 Å². The van der Waals surface area contributed by atoms with Crippen molar-refractivity contribution in [1.29, 1.82) is 0 Å². The highest BCUT2D eigenvalue weighted by atomic mass is 19.1. The van der Waals surface area contributed by atoms with Gasteiger partial charge in [-0.3, -0.25) is 9.69 Å². The zero-order valence-electron chi connectivity index (χ0n) is 19.9. The average molecular weight is 493 g/mol. The summed E-state index contributed by atoms with van der Waals surface area (Å²) in [6.45, 7) is -0.0558. The van der Waals surface area contributed by atoms with Crippen molar-refractivity contribution in [2.24, 2.45) is 0 Å². The molecule has 4 rings (SSSR count). The number of imide groups is 1. The Hall–Kier alpha value is -4.60. The number of methoxy groups -OCH3 is 1. The third-order valence-electron chi connectivity index (χ3n) is 5.42. The van der Waals surface area contributed by atoms with E-state index >= 15 is 0 Å². The van der Waals surface area contributed by atoms with E-state index in [0.29, 0.717) is 16.9 Å². The largest absolute Gasteiger partial charge is 0.488 e. The first kappa shape index (κ1) is 24.5. The highest BCUT2D eigenvalue weighted by molar-refractivity contribution is 6.14. The van der Waals surface area contributed by atoms with Crippen molar-refractivity contribution in [1.82, 2.24) is 10.2 Å². The molecule has 1 N–H and O–H groups in total. The summed E-state index contributed by atoms with van der Waals surface area (Å²) in [4.78, 5) is 39.9. The van der Waals surface area contributed by atoms with Gasteiger partial charge in [-0.2, -0.15) is 0 Å². The van der Waals surface area contributed by atoms with Gasteiger partial charge in [0.25, 0.3) is 5.91 Å². The summed E-state index contributed by atoms with van der Waals surface area (Å²) < 4.78 is 29.5. The van der Waals surface area contributed by atoms with Crippen molar-refractivity contribution in [3.8, 4) is 5.75 Å². The van der Waals surface area contributed by atoms with Crippen molar-refractivity contribution in [2.45, 2.75) is 13.2 Å². The normalized spacial score (nSPS) is 14.2. The molecule has 1 aromatic heterocycles. The monoisotopic (exact) mass is 493 g/mol. The molecule has 186 valence electrons. The quantitative estimate of drug-likeness (QED) is 0.288. The van der Waals surface area contributed by atoms with Crippen LogP contribution >= 0.6 is 0 Å². The summed E-state index contributed by atoms with van der Waals surface area (Å²) in [6.07, 6.45) is 1.52. The second kappa shape index (κ2) is 10.3. The fraction of sp³-hybridized carbons (Fsp3) is 0.192. The Labute approximate surface area is 206 Å². The second-order valence-electron chi connectivity index (χ2n) is 8.17. The van der Waals surface area contributed by atoms with Gasteiger partial charge in [0.1, 0.15) is 29.6 Å². The van der Waals surface area contributed by atoms with E-state index in [1.165, 1.54) is 37.5 Å². The van der Waals surface area contributed by atoms with Gasteiger partial charge in [-0.15, -0.1) is 0 Å². The predicted molar refractivity (Wildman–Crippen MR) is 129 cm³/mol. The predicted octanol–water partition coefficient (Wildman–Crippen LogP) is 3.94. The lowest BCUT2D eigenvalue weighted by Crippen LogP contribution is -2.30. The van der Waals surface area contributed by atoms with Gasteiger partial charge in [0.15, 0.2) is 0 Å². The van der Waals surface area contributed by atoms with Crippen molar-refractivity contribution in [2.75, 3.05) is 26.1 Å². The van der Waals surface area contributed by atoms with Crippen LogP contribution in [0.25, 0.3) is 6.08 Å². The molecular formula is C26H24FN3O6. The first-order chi connectivity index (χ1) is 17.2. The Bertz CT molecular complexity index is 1350. The van der Waals surface area contributed by atoms with Crippen molar-refractivity contribution in [3.05, 3.63) is 88.8 Å². The fourth-order valence-corrected chi connectivity index (χ4v) is 3.53. The molecule has 10 heteroatoms. The molecule has 1 saturated heterocycles. The standard InChI is InChI=1S/C26H24FN3O6/c1-29(2)19-8-7-17(23(13-19)35-15-16-5-4-6-18(27)11-16)12-21-24(31)30(26(33)28-21)14-20-9-10-22(36-20)25(32)34-3/h4-13H,14-15H2,1-3H3,(H,28,33)/b21-12-. The van der Waals surface area contributed by atoms with Crippen LogP contribution in [0.4, 0.5) is 14.9 Å². The summed E-state index contributed by atoms with van der Waals surface area (Å²) in [7, 11) is 4.98. The summed E-state index contributed by atoms with van der Waals surface area (Å²) in [6, 6.07) is 13.8. The summed E-state index contributed by atoms with van der Waals surface area (Å²) in [5.74, 6) is -0.928. The molecule has 3 amide bonds. The molecule has 3 aromatic rings. The molecule has 0 atom stereocenters. The maximum absolute atomic E-state index is 13.6. The number of halogens is 1. The van der Waals surface area contributed by atoms with Crippen molar-refractivity contribution in [3.63, 3.8) is 0 Å². The summed E-state index contributed by atoms with van der Waals surface area (Å²) in [5, 5.41) is 2.56. The van der Waals surface area contributed by atoms with Gasteiger partial charge >= 0.3 is 12.0 Å². The molecule has 0 unspecified atom stereocenters. The van der Waals surface area contributed by atoms with Crippen LogP contribution in [-0.4, -0.2) is 44.0 Å². The topological polar surface area (TPSA) is 101 Å². The smallest absolute Gasteiger partial charge is 0.373 e. The third kappa shape index (κ3) is 5.38. The molecule has 2 aromatic carbocycles. The van der Waals surface area contributed by atoms with E-state index in [1.54, 1.807) is 24.3 Å². The van der Waals surface area contributed by atoms with Crippen LogP contribution in [0.5, 0.6) is 5.75 Å². The highest BCUT2D eigenvalue weighted by Crippen LogP contribution is 2.29. The van der Waals surface area contributed by atoms with Gasteiger partial charge in [0, 0.05) is 31.4 Å². The van der Waals surface area contributed by atoms with Gasteiger partial charge in [-0.25, -0.2) is 14.0 Å². The Morgan fingerprint density at radius 3 is 2.67 bits per heavy atom. The van der Waals surface area contributed by atoms with Gasteiger partial charge in [-0.1, -0.05) is 12.1 Å². The van der Waals surface area contributed by atoms with Gasteiger partial charge < -0.3 is 24.1 Å². The lowest BCUT2D eigenvalue weighted by molar-refractivity contribution is -0.123. The lowest BCUT2D eigenvalue weighted by Gasteiger charge is -2.16.